The number of carbonyl (C=O) groups is 1. The summed E-state index contributed by atoms with van der Waals surface area (Å²) in [4.78, 5) is 12.5. The van der Waals surface area contributed by atoms with Crippen LogP contribution >= 0.6 is 34.6 Å². The third kappa shape index (κ3) is 2.39. The van der Waals surface area contributed by atoms with E-state index in [2.05, 4.69) is 16.5 Å². The van der Waals surface area contributed by atoms with Crippen LogP contribution in [0, 0.1) is 0 Å². The number of fused-ring (bicyclic) bond motifs is 1. The Labute approximate surface area is 128 Å². The Kier molecular flexibility index (Phi) is 3.64. The van der Waals surface area contributed by atoms with E-state index in [1.54, 1.807) is 11.8 Å². The molecule has 4 N–H and O–H groups in total. The van der Waals surface area contributed by atoms with Crippen molar-refractivity contribution in [1.29, 1.82) is 0 Å². The molecule has 0 fully saturated rings. The molecule has 3 rings (SSSR count). The molecule has 2 heterocycles. The Morgan fingerprint density at radius 3 is 2.75 bits per heavy atom. The van der Waals surface area contributed by atoms with E-state index in [1.807, 2.05) is 18.2 Å². The summed E-state index contributed by atoms with van der Waals surface area (Å²) in [6.07, 6.45) is 0. The maximum Gasteiger partial charge on any atom is 0.260 e. The summed E-state index contributed by atoms with van der Waals surface area (Å²) < 4.78 is 5.38. The van der Waals surface area contributed by atoms with Gasteiger partial charge < -0.3 is 11.5 Å². The minimum atomic E-state index is -0.491. The number of hydrogen-bond donors (Lipinski definition) is 2. The summed E-state index contributed by atoms with van der Waals surface area (Å²) in [6.45, 7) is 0. The quantitative estimate of drug-likeness (QED) is 0.722. The molecule has 20 heavy (non-hydrogen) atoms. The van der Waals surface area contributed by atoms with Gasteiger partial charge in [-0.3, -0.25) is 4.79 Å². The highest BCUT2D eigenvalue weighted by molar-refractivity contribution is 8.00. The Hall–Kier alpha value is -1.57. The number of thiophene rings is 1. The molecule has 0 saturated carbocycles. The van der Waals surface area contributed by atoms with E-state index in [0.29, 0.717) is 10.6 Å². The van der Waals surface area contributed by atoms with Gasteiger partial charge in [0.25, 0.3) is 5.91 Å². The molecule has 0 spiro atoms. The number of benzene rings is 1. The molecule has 3 aromatic rings. The Balaban J connectivity index is 1.90. The van der Waals surface area contributed by atoms with Crippen molar-refractivity contribution in [3.05, 3.63) is 40.8 Å². The van der Waals surface area contributed by atoms with Crippen molar-refractivity contribution in [3.63, 3.8) is 0 Å². The van der Waals surface area contributed by atoms with Crippen LogP contribution in [0.3, 0.4) is 0 Å². The normalized spacial score (nSPS) is 11.0. The zero-order valence-corrected chi connectivity index (χ0v) is 12.8. The van der Waals surface area contributed by atoms with Crippen LogP contribution in [0.25, 0.3) is 10.2 Å². The first-order valence-electron chi connectivity index (χ1n) is 5.81. The second-order valence-corrected chi connectivity index (χ2v) is 7.15. The smallest absolute Gasteiger partial charge is 0.260 e. The fourth-order valence-electron chi connectivity index (χ4n) is 1.83. The summed E-state index contributed by atoms with van der Waals surface area (Å²) in [5.41, 5.74) is 13.0. The highest BCUT2D eigenvalue weighted by Crippen LogP contribution is 2.42. The van der Waals surface area contributed by atoms with Crippen molar-refractivity contribution >= 4 is 56.4 Å². The lowest BCUT2D eigenvalue weighted by atomic mass is 10.2. The van der Waals surface area contributed by atoms with Crippen molar-refractivity contribution < 1.29 is 4.79 Å². The molecule has 0 unspecified atom stereocenters. The molecule has 4 nitrogen and oxygen atoms in total. The highest BCUT2D eigenvalue weighted by atomic mass is 32.2. The molecule has 0 atom stereocenters. The molecule has 2 aromatic heterocycles. The minimum absolute atomic E-state index is 0.400. The summed E-state index contributed by atoms with van der Waals surface area (Å²) in [5, 5.41) is 0.870. The summed E-state index contributed by atoms with van der Waals surface area (Å²) in [6, 6.07) is 10.2. The predicted octanol–water partition coefficient (Wildman–Crippen LogP) is 3.33. The second-order valence-electron chi connectivity index (χ2n) is 4.13. The number of nitrogen functional groups attached to an aromatic ring is 1. The summed E-state index contributed by atoms with van der Waals surface area (Å²) >= 11 is 4.35. The molecular weight excluding hydrogens is 310 g/mol. The van der Waals surface area contributed by atoms with Gasteiger partial charge in [-0.15, -0.1) is 23.1 Å². The van der Waals surface area contributed by atoms with E-state index in [-0.39, 0.29) is 0 Å². The first-order valence-corrected chi connectivity index (χ1v) is 8.38. The van der Waals surface area contributed by atoms with Crippen LogP contribution in [-0.2, 0) is 5.75 Å². The number of thioether (sulfide) groups is 1. The van der Waals surface area contributed by atoms with Gasteiger partial charge in [-0.1, -0.05) is 30.3 Å². The van der Waals surface area contributed by atoms with Crippen molar-refractivity contribution in [2.75, 3.05) is 5.73 Å². The Bertz CT molecular complexity index is 764. The number of aromatic nitrogens is 1. The van der Waals surface area contributed by atoms with Gasteiger partial charge in [0.2, 0.25) is 0 Å². The van der Waals surface area contributed by atoms with Crippen LogP contribution in [0.4, 0.5) is 5.69 Å². The Morgan fingerprint density at radius 2 is 2.05 bits per heavy atom. The van der Waals surface area contributed by atoms with Gasteiger partial charge in [-0.05, 0) is 17.1 Å². The number of amides is 1. The molecule has 0 aliphatic rings. The van der Waals surface area contributed by atoms with E-state index >= 15 is 0 Å². The molecule has 1 amide bonds. The molecule has 0 radical (unpaired) electrons. The number of primary amides is 1. The van der Waals surface area contributed by atoms with E-state index in [9.17, 15) is 4.79 Å². The lowest BCUT2D eigenvalue weighted by Crippen LogP contribution is -2.10. The summed E-state index contributed by atoms with van der Waals surface area (Å²) in [5.74, 6) is 0.355. The van der Waals surface area contributed by atoms with Gasteiger partial charge in [0.05, 0.1) is 15.3 Å². The third-order valence-electron chi connectivity index (χ3n) is 2.78. The van der Waals surface area contributed by atoms with Crippen molar-refractivity contribution in [3.8, 4) is 0 Å². The van der Waals surface area contributed by atoms with Crippen LogP contribution in [0.2, 0.25) is 0 Å². The number of hydrogen-bond acceptors (Lipinski definition) is 6. The number of anilines is 1. The van der Waals surface area contributed by atoms with Gasteiger partial charge in [-0.25, -0.2) is 0 Å². The van der Waals surface area contributed by atoms with Crippen LogP contribution < -0.4 is 11.5 Å². The zero-order chi connectivity index (χ0) is 14.1. The molecule has 0 bridgehead atoms. The van der Waals surface area contributed by atoms with Crippen molar-refractivity contribution in [2.45, 2.75) is 9.96 Å². The third-order valence-corrected chi connectivity index (χ3v) is 6.17. The van der Waals surface area contributed by atoms with E-state index < -0.39 is 5.91 Å². The molecule has 0 aliphatic heterocycles. The van der Waals surface area contributed by atoms with Gasteiger partial charge in [0.15, 0.2) is 0 Å². The van der Waals surface area contributed by atoms with Gasteiger partial charge >= 0.3 is 0 Å². The largest absolute Gasteiger partial charge is 0.397 e. The van der Waals surface area contributed by atoms with Gasteiger partial charge in [0, 0.05) is 5.75 Å². The molecule has 1 aromatic carbocycles. The molecular formula is C13H11N3OS3. The lowest BCUT2D eigenvalue weighted by molar-refractivity contribution is 0.100. The van der Waals surface area contributed by atoms with Gasteiger partial charge in [0.1, 0.15) is 9.71 Å². The number of carbonyl (C=O) groups excluding carboxylic acids is 1. The zero-order valence-electron chi connectivity index (χ0n) is 10.3. The van der Waals surface area contributed by atoms with Crippen LogP contribution in [0.15, 0.2) is 34.5 Å². The number of nitrogens with two attached hydrogens (primary N) is 2. The van der Waals surface area contributed by atoms with Gasteiger partial charge in [-0.2, -0.15) is 4.37 Å². The summed E-state index contributed by atoms with van der Waals surface area (Å²) in [7, 11) is 0. The second kappa shape index (κ2) is 5.43. The van der Waals surface area contributed by atoms with Crippen LogP contribution in [0.5, 0.6) is 0 Å². The lowest BCUT2D eigenvalue weighted by Gasteiger charge is -2.00. The standard InChI is InChI=1S/C13H11N3OS3/c14-9-8-12(19-10(9)11(15)17)16-20-13(8)18-6-7-4-2-1-3-5-7/h1-5H,6,14H2,(H2,15,17). The first-order chi connectivity index (χ1) is 9.66. The average molecular weight is 321 g/mol. The van der Waals surface area contributed by atoms with Crippen LogP contribution in [0.1, 0.15) is 15.2 Å². The van der Waals surface area contributed by atoms with Crippen molar-refractivity contribution in [1.82, 2.24) is 4.37 Å². The SMILES string of the molecule is NC(=O)c1sc2nsc(SCc3ccccc3)c2c1N. The molecule has 0 saturated heterocycles. The van der Waals surface area contributed by atoms with E-state index in [0.717, 1.165) is 20.2 Å². The predicted molar refractivity (Wildman–Crippen MR) is 86.4 cm³/mol. The minimum Gasteiger partial charge on any atom is -0.397 e. The van der Waals surface area contributed by atoms with E-state index in [1.165, 1.54) is 28.4 Å². The fourth-order valence-corrected chi connectivity index (χ4v) is 4.93. The molecule has 7 heteroatoms. The number of nitrogens with zero attached hydrogens (tertiary/aromatic N) is 1. The average Bonchev–Trinajstić information content (AvgIpc) is 2.99. The first kappa shape index (κ1) is 13.4. The monoisotopic (exact) mass is 321 g/mol. The topological polar surface area (TPSA) is 82.0 Å². The number of rotatable bonds is 4. The maximum absolute atomic E-state index is 11.3. The maximum atomic E-state index is 11.3. The highest BCUT2D eigenvalue weighted by Gasteiger charge is 2.19. The molecule has 0 aliphatic carbocycles. The Morgan fingerprint density at radius 1 is 1.30 bits per heavy atom. The fraction of sp³-hybridized carbons (Fsp3) is 0.0769. The van der Waals surface area contributed by atoms with E-state index in [4.69, 9.17) is 11.5 Å². The van der Waals surface area contributed by atoms with Crippen molar-refractivity contribution in [2.24, 2.45) is 5.73 Å². The molecule has 102 valence electrons. The van der Waals surface area contributed by atoms with Crippen LogP contribution in [-0.4, -0.2) is 10.3 Å².